The average Bonchev–Trinajstić information content (AvgIpc) is 3.30. The zero-order chi connectivity index (χ0) is 23.2. The number of aliphatic carboxylic acids is 1. The van der Waals surface area contributed by atoms with Crippen LogP contribution in [0.1, 0.15) is 20.3 Å². The maximum atomic E-state index is 13.0. The van der Waals surface area contributed by atoms with Crippen molar-refractivity contribution in [2.75, 3.05) is 45.9 Å². The number of carbonyl (C=O) groups excluding carboxylic acids is 2. The Hall–Kier alpha value is -1.66. The fourth-order valence-corrected chi connectivity index (χ4v) is 6.87. The van der Waals surface area contributed by atoms with E-state index < -0.39 is 18.0 Å². The van der Waals surface area contributed by atoms with E-state index in [1.807, 2.05) is 11.8 Å². The molecule has 0 aromatic heterocycles. The van der Waals surface area contributed by atoms with Gasteiger partial charge >= 0.3 is 5.97 Å². The molecule has 0 bridgehead atoms. The molecule has 0 unspecified atom stereocenters. The number of amides is 2. The predicted octanol–water partition coefficient (Wildman–Crippen LogP) is -1.26. The van der Waals surface area contributed by atoms with Gasteiger partial charge in [-0.2, -0.15) is 0 Å². The number of piperazine rings is 1. The molecule has 6 atom stereocenters. The first-order chi connectivity index (χ1) is 15.2. The van der Waals surface area contributed by atoms with Crippen LogP contribution in [0.5, 0.6) is 0 Å². The molecule has 2 amide bonds. The van der Waals surface area contributed by atoms with Crippen molar-refractivity contribution in [3.63, 3.8) is 0 Å². The van der Waals surface area contributed by atoms with Crippen LogP contribution in [0.25, 0.3) is 0 Å². The van der Waals surface area contributed by atoms with Crippen molar-refractivity contribution in [2.24, 2.45) is 11.8 Å². The van der Waals surface area contributed by atoms with E-state index in [4.69, 9.17) is 5.11 Å². The number of β-amino-alcohol motifs (C(OH)–C–C–N with tert-alkyl or cyclic N) is 1. The molecule has 3 fully saturated rings. The smallest absolute Gasteiger partial charge is 0.353 e. The highest BCUT2D eigenvalue weighted by atomic mass is 32.2. The van der Waals surface area contributed by atoms with E-state index in [2.05, 4.69) is 10.2 Å². The van der Waals surface area contributed by atoms with Crippen LogP contribution in [0, 0.1) is 11.8 Å². The molecule has 4 heterocycles. The topological polar surface area (TPSA) is 134 Å². The number of β-lactam (4-membered cyclic amide) rings is 1. The number of carbonyl (C=O) groups is 3. The van der Waals surface area contributed by atoms with Crippen molar-refractivity contribution < 1.29 is 29.7 Å². The average molecular weight is 469 g/mol. The monoisotopic (exact) mass is 468 g/mol. The van der Waals surface area contributed by atoms with E-state index in [1.54, 1.807) is 6.92 Å². The molecule has 0 spiro atoms. The van der Waals surface area contributed by atoms with Crippen molar-refractivity contribution in [1.29, 1.82) is 0 Å². The molecule has 4 aliphatic heterocycles. The standard InChI is InChI=1S/C21H32N4O6S/c1-11-16-15(12(2)27)20(29)25(16)17(21(30)31)18(11)32-13-9-14(22-10-13)19(28)24-5-3-23(4-6-24)7-8-26/h11-16,22,26-27H,3-10H2,1-2H3,(H,30,31)/t11-,12-,13+,14+,15-,16-/m1/s1. The maximum absolute atomic E-state index is 13.0. The molecule has 178 valence electrons. The van der Waals surface area contributed by atoms with Crippen molar-refractivity contribution in [2.45, 2.75) is 43.7 Å². The van der Waals surface area contributed by atoms with E-state index in [0.29, 0.717) is 37.5 Å². The van der Waals surface area contributed by atoms with E-state index in [-0.39, 0.29) is 47.4 Å². The third-order valence-electron chi connectivity index (χ3n) is 7.09. The predicted molar refractivity (Wildman–Crippen MR) is 118 cm³/mol. The van der Waals surface area contributed by atoms with E-state index in [0.717, 1.165) is 13.1 Å². The van der Waals surface area contributed by atoms with Crippen molar-refractivity contribution in [3.05, 3.63) is 10.6 Å². The summed E-state index contributed by atoms with van der Waals surface area (Å²) in [7, 11) is 0. The molecule has 4 aliphatic rings. The van der Waals surface area contributed by atoms with Crippen LogP contribution in [0.4, 0.5) is 0 Å². The third-order valence-corrected chi connectivity index (χ3v) is 8.61. The van der Waals surface area contributed by atoms with E-state index in [1.165, 1.54) is 16.7 Å². The lowest BCUT2D eigenvalue weighted by Gasteiger charge is -2.46. The summed E-state index contributed by atoms with van der Waals surface area (Å²) < 4.78 is 0. The molecule has 32 heavy (non-hydrogen) atoms. The van der Waals surface area contributed by atoms with Gasteiger partial charge in [0, 0.05) is 55.3 Å². The first-order valence-corrected chi connectivity index (χ1v) is 12.1. The fraction of sp³-hybridized carbons (Fsp3) is 0.762. The van der Waals surface area contributed by atoms with Gasteiger partial charge in [0.15, 0.2) is 0 Å². The first-order valence-electron chi connectivity index (χ1n) is 11.2. The highest BCUT2D eigenvalue weighted by Crippen LogP contribution is 2.51. The Morgan fingerprint density at radius 1 is 1.25 bits per heavy atom. The molecule has 0 aromatic rings. The summed E-state index contributed by atoms with van der Waals surface area (Å²) in [6.07, 6.45) is -0.222. The van der Waals surface area contributed by atoms with Crippen molar-refractivity contribution in [1.82, 2.24) is 20.0 Å². The first kappa shape index (κ1) is 23.5. The van der Waals surface area contributed by atoms with Crippen molar-refractivity contribution in [3.8, 4) is 0 Å². The molecule has 3 saturated heterocycles. The molecule has 11 heteroatoms. The number of carboxylic acids is 1. The Morgan fingerprint density at radius 3 is 2.53 bits per heavy atom. The number of hydrogen-bond donors (Lipinski definition) is 4. The van der Waals surface area contributed by atoms with Crippen molar-refractivity contribution >= 4 is 29.5 Å². The summed E-state index contributed by atoms with van der Waals surface area (Å²) >= 11 is 1.45. The summed E-state index contributed by atoms with van der Waals surface area (Å²) in [5.41, 5.74) is 0.0316. The SMILES string of the molecule is C[C@@H](O)[C@H]1C(=O)N2C(C(=O)O)=C(S[C@@H]3CN[C@H](C(=O)N4CCN(CCO)CC4)C3)[C@H](C)[C@H]12. The number of nitrogens with zero attached hydrogens (tertiary/aromatic N) is 3. The molecular weight excluding hydrogens is 436 g/mol. The Kier molecular flexibility index (Phi) is 6.83. The van der Waals surface area contributed by atoms with Gasteiger partial charge in [-0.15, -0.1) is 11.8 Å². The van der Waals surface area contributed by atoms with Crippen LogP contribution in [-0.4, -0.2) is 117 Å². The summed E-state index contributed by atoms with van der Waals surface area (Å²) in [4.78, 5) is 43.4. The van der Waals surface area contributed by atoms with Crippen LogP contribution in [-0.2, 0) is 14.4 Å². The molecular formula is C21H32N4O6S. The molecule has 4 rings (SSSR count). The molecule has 10 nitrogen and oxygen atoms in total. The maximum Gasteiger partial charge on any atom is 0.353 e. The minimum Gasteiger partial charge on any atom is -0.477 e. The summed E-state index contributed by atoms with van der Waals surface area (Å²) in [6.45, 7) is 7.59. The number of aliphatic hydroxyl groups excluding tert-OH is 2. The second kappa shape index (κ2) is 9.30. The van der Waals surface area contributed by atoms with Gasteiger partial charge in [-0.3, -0.25) is 14.5 Å². The van der Waals surface area contributed by atoms with E-state index >= 15 is 0 Å². The van der Waals surface area contributed by atoms with E-state index in [9.17, 15) is 24.6 Å². The number of rotatable bonds is 7. The number of carboxylic acid groups (broad SMARTS) is 1. The van der Waals surface area contributed by atoms with Crippen LogP contribution < -0.4 is 5.32 Å². The van der Waals surface area contributed by atoms with Crippen LogP contribution in [0.15, 0.2) is 10.6 Å². The molecule has 0 saturated carbocycles. The van der Waals surface area contributed by atoms with Gasteiger partial charge in [-0.1, -0.05) is 6.92 Å². The minimum atomic E-state index is -1.13. The lowest BCUT2D eigenvalue weighted by Crippen LogP contribution is -2.63. The second-order valence-electron chi connectivity index (χ2n) is 9.10. The molecule has 0 aromatic carbocycles. The molecule has 0 radical (unpaired) electrons. The minimum absolute atomic E-state index is 0.0316. The summed E-state index contributed by atoms with van der Waals surface area (Å²) in [5.74, 6) is -2.13. The Balaban J connectivity index is 1.38. The van der Waals surface area contributed by atoms with Crippen LogP contribution >= 0.6 is 11.8 Å². The quantitative estimate of drug-likeness (QED) is 0.338. The van der Waals surface area contributed by atoms with Crippen LogP contribution in [0.3, 0.4) is 0 Å². The lowest BCUT2D eigenvalue weighted by molar-refractivity contribution is -0.163. The number of thioether (sulfide) groups is 1. The number of aliphatic hydroxyl groups is 2. The largest absolute Gasteiger partial charge is 0.477 e. The lowest BCUT2D eigenvalue weighted by atomic mass is 9.79. The van der Waals surface area contributed by atoms with Gasteiger partial charge in [0.25, 0.3) is 0 Å². The Morgan fingerprint density at radius 2 is 1.94 bits per heavy atom. The van der Waals surface area contributed by atoms with Gasteiger partial charge in [-0.05, 0) is 13.3 Å². The van der Waals surface area contributed by atoms with Gasteiger partial charge in [-0.25, -0.2) is 4.79 Å². The highest BCUT2D eigenvalue weighted by Gasteiger charge is 2.60. The summed E-state index contributed by atoms with van der Waals surface area (Å²) in [5, 5.41) is 32.2. The van der Waals surface area contributed by atoms with Gasteiger partial charge in [0.2, 0.25) is 11.8 Å². The van der Waals surface area contributed by atoms with Gasteiger partial charge in [0.05, 0.1) is 30.7 Å². The fourth-order valence-electron chi connectivity index (χ4n) is 5.39. The number of fused-ring (bicyclic) bond motifs is 1. The third kappa shape index (κ3) is 4.05. The number of hydrogen-bond acceptors (Lipinski definition) is 8. The Labute approximate surface area is 191 Å². The molecule has 4 N–H and O–H groups in total. The Bertz CT molecular complexity index is 812. The normalized spacial score (nSPS) is 34.0. The number of nitrogens with one attached hydrogen (secondary N) is 1. The molecule has 0 aliphatic carbocycles. The zero-order valence-electron chi connectivity index (χ0n) is 18.4. The van der Waals surface area contributed by atoms with Gasteiger partial charge < -0.3 is 30.4 Å². The second-order valence-corrected chi connectivity index (χ2v) is 10.4. The summed E-state index contributed by atoms with van der Waals surface area (Å²) in [6, 6.07) is -0.621. The van der Waals surface area contributed by atoms with Gasteiger partial charge in [0.1, 0.15) is 5.70 Å². The van der Waals surface area contributed by atoms with Crippen LogP contribution in [0.2, 0.25) is 0 Å². The zero-order valence-corrected chi connectivity index (χ0v) is 19.3. The highest BCUT2D eigenvalue weighted by molar-refractivity contribution is 8.03.